The average molecular weight is 481 g/mol. The molecule has 0 spiro atoms. The van der Waals surface area contributed by atoms with Gasteiger partial charge in [0.25, 0.3) is 5.91 Å². The topological polar surface area (TPSA) is 119 Å². The van der Waals surface area contributed by atoms with Gasteiger partial charge in [0, 0.05) is 29.9 Å². The Hall–Kier alpha value is -4.01. The van der Waals surface area contributed by atoms with E-state index in [0.29, 0.717) is 29.1 Å². The first-order valence-corrected chi connectivity index (χ1v) is 11.4. The van der Waals surface area contributed by atoms with Gasteiger partial charge in [-0.1, -0.05) is 13.3 Å². The van der Waals surface area contributed by atoms with Crippen LogP contribution in [-0.2, 0) is 23.9 Å². The second-order valence-corrected chi connectivity index (χ2v) is 8.23. The largest absolute Gasteiger partial charge is 0.462 e. The molecular formula is C26H28N2O7. The summed E-state index contributed by atoms with van der Waals surface area (Å²) >= 11 is 0. The van der Waals surface area contributed by atoms with Gasteiger partial charge in [0.1, 0.15) is 0 Å². The molecule has 2 aromatic rings. The van der Waals surface area contributed by atoms with Crippen LogP contribution in [0.2, 0.25) is 0 Å². The SMILES string of the molecule is CCCCOC(=O)c1ccc(N2C[C@@H](C(=O)OCC(=O)Nc3ccc(C(C)=O)cc3)CC2=O)cc1. The number of ether oxygens (including phenoxy) is 2. The molecule has 0 unspecified atom stereocenters. The number of anilines is 2. The average Bonchev–Trinajstić information content (AvgIpc) is 3.24. The third-order valence-electron chi connectivity index (χ3n) is 5.52. The fourth-order valence-electron chi connectivity index (χ4n) is 3.52. The van der Waals surface area contributed by atoms with Crippen LogP contribution in [0.3, 0.4) is 0 Å². The minimum absolute atomic E-state index is 0.0340. The highest BCUT2D eigenvalue weighted by Gasteiger charge is 2.36. The molecule has 0 aromatic heterocycles. The van der Waals surface area contributed by atoms with E-state index >= 15 is 0 Å². The van der Waals surface area contributed by atoms with E-state index in [1.165, 1.54) is 11.8 Å². The van der Waals surface area contributed by atoms with E-state index in [9.17, 15) is 24.0 Å². The number of hydrogen-bond donors (Lipinski definition) is 1. The van der Waals surface area contributed by atoms with Crippen molar-refractivity contribution in [1.82, 2.24) is 0 Å². The van der Waals surface area contributed by atoms with Crippen LogP contribution in [-0.4, -0.2) is 49.3 Å². The second kappa shape index (κ2) is 11.9. The number of rotatable bonds is 10. The number of unbranched alkanes of at least 4 members (excludes halogenated alkanes) is 1. The Bertz CT molecular complexity index is 1090. The van der Waals surface area contributed by atoms with E-state index < -0.39 is 30.4 Å². The molecular weight excluding hydrogens is 452 g/mol. The summed E-state index contributed by atoms with van der Waals surface area (Å²) < 4.78 is 10.3. The number of carbonyl (C=O) groups is 5. The molecule has 35 heavy (non-hydrogen) atoms. The van der Waals surface area contributed by atoms with Crippen LogP contribution in [0.1, 0.15) is 53.8 Å². The van der Waals surface area contributed by atoms with E-state index in [4.69, 9.17) is 9.47 Å². The zero-order chi connectivity index (χ0) is 25.4. The van der Waals surface area contributed by atoms with Gasteiger partial charge in [-0.3, -0.25) is 19.2 Å². The lowest BCUT2D eigenvalue weighted by molar-refractivity contribution is -0.151. The zero-order valence-corrected chi connectivity index (χ0v) is 19.7. The van der Waals surface area contributed by atoms with Crippen molar-refractivity contribution in [3.05, 3.63) is 59.7 Å². The van der Waals surface area contributed by atoms with Gasteiger partial charge in [-0.05, 0) is 61.9 Å². The number of benzene rings is 2. The summed E-state index contributed by atoms with van der Waals surface area (Å²) in [4.78, 5) is 61.8. The third kappa shape index (κ3) is 6.99. The quantitative estimate of drug-likeness (QED) is 0.315. The van der Waals surface area contributed by atoms with Gasteiger partial charge in [-0.25, -0.2) is 4.79 Å². The van der Waals surface area contributed by atoms with Crippen molar-refractivity contribution in [2.45, 2.75) is 33.1 Å². The fourth-order valence-corrected chi connectivity index (χ4v) is 3.52. The van der Waals surface area contributed by atoms with Crippen molar-refractivity contribution in [3.63, 3.8) is 0 Å². The molecule has 1 atom stereocenters. The number of nitrogens with one attached hydrogen (secondary N) is 1. The summed E-state index contributed by atoms with van der Waals surface area (Å²) in [5.41, 5.74) is 1.93. The minimum Gasteiger partial charge on any atom is -0.462 e. The molecule has 184 valence electrons. The van der Waals surface area contributed by atoms with Crippen molar-refractivity contribution in [2.24, 2.45) is 5.92 Å². The van der Waals surface area contributed by atoms with Crippen molar-refractivity contribution in [1.29, 1.82) is 0 Å². The van der Waals surface area contributed by atoms with Crippen LogP contribution in [0.25, 0.3) is 0 Å². The lowest BCUT2D eigenvalue weighted by Gasteiger charge is -2.17. The van der Waals surface area contributed by atoms with Crippen molar-refractivity contribution < 1.29 is 33.4 Å². The molecule has 1 aliphatic heterocycles. The lowest BCUT2D eigenvalue weighted by atomic mass is 10.1. The Balaban J connectivity index is 1.49. The monoisotopic (exact) mass is 480 g/mol. The number of carbonyl (C=O) groups excluding carboxylic acids is 5. The van der Waals surface area contributed by atoms with E-state index in [0.717, 1.165) is 12.8 Å². The first-order valence-electron chi connectivity index (χ1n) is 11.4. The number of esters is 2. The number of nitrogens with zero attached hydrogens (tertiary/aromatic N) is 1. The molecule has 0 radical (unpaired) electrons. The molecule has 9 heteroatoms. The van der Waals surface area contributed by atoms with Crippen molar-refractivity contribution >= 4 is 40.9 Å². The molecule has 1 aliphatic rings. The first-order chi connectivity index (χ1) is 16.8. The zero-order valence-electron chi connectivity index (χ0n) is 19.7. The summed E-state index contributed by atoms with van der Waals surface area (Å²) in [6, 6.07) is 12.8. The van der Waals surface area contributed by atoms with E-state index in [2.05, 4.69) is 5.32 Å². The van der Waals surface area contributed by atoms with Gasteiger partial charge in [0.15, 0.2) is 12.4 Å². The van der Waals surface area contributed by atoms with Crippen LogP contribution in [0.5, 0.6) is 0 Å². The first kappa shape index (κ1) is 25.6. The smallest absolute Gasteiger partial charge is 0.338 e. The van der Waals surface area contributed by atoms with Crippen LogP contribution < -0.4 is 10.2 Å². The molecule has 2 aromatic carbocycles. The highest BCUT2D eigenvalue weighted by Crippen LogP contribution is 2.26. The van der Waals surface area contributed by atoms with Gasteiger partial charge in [0.05, 0.1) is 18.1 Å². The molecule has 3 rings (SSSR count). The predicted octanol–water partition coefficient (Wildman–Crippen LogP) is 3.38. The highest BCUT2D eigenvalue weighted by atomic mass is 16.5. The maximum atomic E-state index is 12.5. The molecule has 0 bridgehead atoms. The second-order valence-electron chi connectivity index (χ2n) is 8.23. The van der Waals surface area contributed by atoms with E-state index in [1.807, 2.05) is 6.92 Å². The number of ketones is 1. The lowest BCUT2D eigenvalue weighted by Crippen LogP contribution is -2.28. The number of amides is 2. The van der Waals surface area contributed by atoms with Crippen LogP contribution in [0.15, 0.2) is 48.5 Å². The summed E-state index contributed by atoms with van der Waals surface area (Å²) in [6.45, 7) is 3.43. The molecule has 2 amide bonds. The van der Waals surface area contributed by atoms with Crippen molar-refractivity contribution in [3.8, 4) is 0 Å². The Labute approximate surface area is 203 Å². The van der Waals surface area contributed by atoms with Gasteiger partial charge in [-0.15, -0.1) is 0 Å². The Morgan fingerprint density at radius 3 is 2.26 bits per heavy atom. The summed E-state index contributed by atoms with van der Waals surface area (Å²) in [7, 11) is 0. The normalized spacial score (nSPS) is 15.0. The van der Waals surface area contributed by atoms with Crippen LogP contribution >= 0.6 is 0 Å². The molecule has 0 aliphatic carbocycles. The predicted molar refractivity (Wildman–Crippen MR) is 128 cm³/mol. The maximum absolute atomic E-state index is 12.5. The Morgan fingerprint density at radius 2 is 1.63 bits per heavy atom. The van der Waals surface area contributed by atoms with Gasteiger partial charge in [0.2, 0.25) is 5.91 Å². The van der Waals surface area contributed by atoms with Crippen LogP contribution in [0.4, 0.5) is 11.4 Å². The molecule has 9 nitrogen and oxygen atoms in total. The summed E-state index contributed by atoms with van der Waals surface area (Å²) in [6.07, 6.45) is 1.68. The van der Waals surface area contributed by atoms with Gasteiger partial charge in [-0.2, -0.15) is 0 Å². The molecule has 0 saturated carbocycles. The Kier molecular flexibility index (Phi) is 8.72. The summed E-state index contributed by atoms with van der Waals surface area (Å²) in [5.74, 6) is -2.63. The molecule has 1 heterocycles. The van der Waals surface area contributed by atoms with Crippen molar-refractivity contribution in [2.75, 3.05) is 30.0 Å². The third-order valence-corrected chi connectivity index (χ3v) is 5.52. The highest BCUT2D eigenvalue weighted by molar-refractivity contribution is 6.00. The number of hydrogen-bond acceptors (Lipinski definition) is 7. The Morgan fingerprint density at radius 1 is 0.971 bits per heavy atom. The molecule has 1 saturated heterocycles. The minimum atomic E-state index is -0.705. The van der Waals surface area contributed by atoms with E-state index in [1.54, 1.807) is 48.5 Å². The van der Waals surface area contributed by atoms with E-state index in [-0.39, 0.29) is 24.7 Å². The standard InChI is InChI=1S/C26H28N2O7/c1-3-4-13-34-25(32)19-7-11-22(12-8-19)28-15-20(14-24(28)31)26(33)35-16-23(30)27-21-9-5-18(6-10-21)17(2)29/h5-12,20H,3-4,13-16H2,1-2H3,(H,27,30)/t20-/m0/s1. The fraction of sp³-hybridized carbons (Fsp3) is 0.346. The maximum Gasteiger partial charge on any atom is 0.338 e. The van der Waals surface area contributed by atoms with Gasteiger partial charge >= 0.3 is 11.9 Å². The van der Waals surface area contributed by atoms with Crippen LogP contribution in [0, 0.1) is 5.92 Å². The van der Waals surface area contributed by atoms with Gasteiger partial charge < -0.3 is 19.7 Å². The molecule has 1 fully saturated rings. The molecule has 1 N–H and O–H groups in total. The number of Topliss-reactive ketones (excluding diaryl/α,β-unsaturated/α-hetero) is 1. The summed E-state index contributed by atoms with van der Waals surface area (Å²) in [5, 5.41) is 2.59.